The van der Waals surface area contributed by atoms with Gasteiger partial charge in [0.15, 0.2) is 0 Å². The molecule has 1 unspecified atom stereocenters. The largest absolute Gasteiger partial charge is 0.351 e. The maximum atomic E-state index is 11.3. The summed E-state index contributed by atoms with van der Waals surface area (Å²) >= 11 is 0. The van der Waals surface area contributed by atoms with Crippen LogP contribution in [-0.4, -0.2) is 48.1 Å². The number of piperidine rings is 1. The van der Waals surface area contributed by atoms with Crippen molar-refractivity contribution < 1.29 is 4.79 Å². The first-order valence-corrected chi connectivity index (χ1v) is 6.47. The van der Waals surface area contributed by atoms with Crippen LogP contribution in [0.15, 0.2) is 0 Å². The van der Waals surface area contributed by atoms with Crippen molar-refractivity contribution in [3.8, 4) is 0 Å². The molecular formula is C12H25N3O. The highest BCUT2D eigenvalue weighted by Gasteiger charge is 2.24. The lowest BCUT2D eigenvalue weighted by molar-refractivity contribution is 0.144. The van der Waals surface area contributed by atoms with Crippen LogP contribution < -0.4 is 5.73 Å². The third kappa shape index (κ3) is 3.67. The Bertz CT molecular complexity index is 216. The first-order chi connectivity index (χ1) is 7.69. The zero-order chi connectivity index (χ0) is 12.0. The molecule has 1 heterocycles. The van der Waals surface area contributed by atoms with E-state index in [2.05, 4.69) is 18.7 Å². The van der Waals surface area contributed by atoms with E-state index in [0.717, 1.165) is 45.4 Å². The van der Waals surface area contributed by atoms with Crippen molar-refractivity contribution >= 4 is 6.03 Å². The first-order valence-electron chi connectivity index (χ1n) is 6.47. The van der Waals surface area contributed by atoms with Gasteiger partial charge >= 0.3 is 6.03 Å². The van der Waals surface area contributed by atoms with Crippen LogP contribution in [0.5, 0.6) is 0 Å². The van der Waals surface area contributed by atoms with Crippen LogP contribution in [-0.2, 0) is 0 Å². The summed E-state index contributed by atoms with van der Waals surface area (Å²) in [7, 11) is 0. The average molecular weight is 227 g/mol. The van der Waals surface area contributed by atoms with E-state index in [-0.39, 0.29) is 6.03 Å². The smallest absolute Gasteiger partial charge is 0.315 e. The van der Waals surface area contributed by atoms with Crippen LogP contribution in [0.2, 0.25) is 0 Å². The van der Waals surface area contributed by atoms with Crippen LogP contribution >= 0.6 is 0 Å². The molecule has 1 atom stereocenters. The fourth-order valence-corrected chi connectivity index (χ4v) is 2.46. The number of nitrogens with zero attached hydrogens (tertiary/aromatic N) is 2. The lowest BCUT2D eigenvalue weighted by Crippen LogP contribution is -2.47. The van der Waals surface area contributed by atoms with E-state index < -0.39 is 0 Å². The van der Waals surface area contributed by atoms with Gasteiger partial charge in [0, 0.05) is 19.1 Å². The number of hydrogen-bond acceptors (Lipinski definition) is 2. The Kier molecular flexibility index (Phi) is 5.60. The van der Waals surface area contributed by atoms with Gasteiger partial charge in [0.05, 0.1) is 0 Å². The number of urea groups is 1. The Morgan fingerprint density at radius 2 is 2.06 bits per heavy atom. The van der Waals surface area contributed by atoms with E-state index in [1.54, 1.807) is 0 Å². The molecule has 1 aliphatic rings. The van der Waals surface area contributed by atoms with Gasteiger partial charge in [-0.15, -0.1) is 0 Å². The molecule has 0 radical (unpaired) electrons. The van der Waals surface area contributed by atoms with E-state index in [0.29, 0.717) is 6.04 Å². The van der Waals surface area contributed by atoms with E-state index >= 15 is 0 Å². The molecule has 0 aliphatic carbocycles. The van der Waals surface area contributed by atoms with Gasteiger partial charge in [0.25, 0.3) is 0 Å². The molecule has 0 aromatic rings. The Hall–Kier alpha value is -0.770. The zero-order valence-electron chi connectivity index (χ0n) is 10.6. The summed E-state index contributed by atoms with van der Waals surface area (Å²) in [5.74, 6) is 0. The molecule has 2 N–H and O–H groups in total. The van der Waals surface area contributed by atoms with Crippen LogP contribution in [0.25, 0.3) is 0 Å². The predicted octanol–water partition coefficient (Wildman–Crippen LogP) is 1.65. The van der Waals surface area contributed by atoms with E-state index in [1.807, 2.05) is 4.90 Å². The molecule has 0 aromatic heterocycles. The molecule has 4 nitrogen and oxygen atoms in total. The molecule has 1 saturated heterocycles. The topological polar surface area (TPSA) is 49.6 Å². The normalized spacial score (nSPS) is 21.4. The SMILES string of the molecule is CCN(CC)CCC1CCCCN1C(N)=O. The van der Waals surface area contributed by atoms with Gasteiger partial charge in [0.2, 0.25) is 0 Å². The second-order valence-corrected chi connectivity index (χ2v) is 4.50. The number of amides is 2. The minimum atomic E-state index is -0.246. The second kappa shape index (κ2) is 6.74. The third-order valence-corrected chi connectivity index (χ3v) is 3.58. The fraction of sp³-hybridized carbons (Fsp3) is 0.917. The summed E-state index contributed by atoms with van der Waals surface area (Å²) < 4.78 is 0. The zero-order valence-corrected chi connectivity index (χ0v) is 10.6. The summed E-state index contributed by atoms with van der Waals surface area (Å²) in [4.78, 5) is 15.5. The fourth-order valence-electron chi connectivity index (χ4n) is 2.46. The molecule has 0 aromatic carbocycles. The Morgan fingerprint density at radius 3 is 2.62 bits per heavy atom. The average Bonchev–Trinajstić information content (AvgIpc) is 2.30. The Labute approximate surface area is 98.8 Å². The molecule has 1 rings (SSSR count). The van der Waals surface area contributed by atoms with Crippen molar-refractivity contribution in [2.45, 2.75) is 45.6 Å². The number of primary amides is 1. The number of nitrogens with two attached hydrogens (primary N) is 1. The second-order valence-electron chi connectivity index (χ2n) is 4.50. The summed E-state index contributed by atoms with van der Waals surface area (Å²) in [5.41, 5.74) is 5.40. The molecular weight excluding hydrogens is 202 g/mol. The van der Waals surface area contributed by atoms with E-state index in [9.17, 15) is 4.79 Å². The van der Waals surface area contributed by atoms with Crippen molar-refractivity contribution in [3.63, 3.8) is 0 Å². The predicted molar refractivity (Wildman–Crippen MR) is 66.3 cm³/mol. The number of likely N-dealkylation sites (tertiary alicyclic amines) is 1. The molecule has 4 heteroatoms. The molecule has 0 spiro atoms. The quantitative estimate of drug-likeness (QED) is 0.776. The number of rotatable bonds is 5. The summed E-state index contributed by atoms with van der Waals surface area (Å²) in [5, 5.41) is 0. The molecule has 2 amide bonds. The monoisotopic (exact) mass is 227 g/mol. The van der Waals surface area contributed by atoms with Crippen molar-refractivity contribution in [3.05, 3.63) is 0 Å². The first kappa shape index (κ1) is 13.3. The van der Waals surface area contributed by atoms with Crippen LogP contribution in [0.3, 0.4) is 0 Å². The standard InChI is InChI=1S/C12H25N3O/c1-3-14(4-2)10-8-11-7-5-6-9-15(11)12(13)16/h11H,3-10H2,1-2H3,(H2,13,16). The molecule has 0 bridgehead atoms. The van der Waals surface area contributed by atoms with Crippen LogP contribution in [0.1, 0.15) is 39.5 Å². The minimum Gasteiger partial charge on any atom is -0.351 e. The highest BCUT2D eigenvalue weighted by Crippen LogP contribution is 2.19. The Balaban J connectivity index is 2.40. The van der Waals surface area contributed by atoms with Gasteiger partial charge in [0.1, 0.15) is 0 Å². The van der Waals surface area contributed by atoms with Gasteiger partial charge in [-0.25, -0.2) is 4.79 Å². The van der Waals surface area contributed by atoms with Crippen molar-refractivity contribution in [1.82, 2.24) is 9.80 Å². The number of carbonyl (C=O) groups excluding carboxylic acids is 1. The maximum absolute atomic E-state index is 11.3. The molecule has 1 aliphatic heterocycles. The lowest BCUT2D eigenvalue weighted by Gasteiger charge is -2.35. The number of hydrogen-bond donors (Lipinski definition) is 1. The summed E-state index contributed by atoms with van der Waals surface area (Å²) in [6.45, 7) is 8.44. The van der Waals surface area contributed by atoms with Crippen molar-refractivity contribution in [1.29, 1.82) is 0 Å². The minimum absolute atomic E-state index is 0.246. The molecule has 0 saturated carbocycles. The van der Waals surface area contributed by atoms with E-state index in [4.69, 9.17) is 5.73 Å². The van der Waals surface area contributed by atoms with Gasteiger partial charge in [-0.3, -0.25) is 0 Å². The van der Waals surface area contributed by atoms with Gasteiger partial charge in [-0.2, -0.15) is 0 Å². The molecule has 16 heavy (non-hydrogen) atoms. The highest BCUT2D eigenvalue weighted by atomic mass is 16.2. The van der Waals surface area contributed by atoms with Gasteiger partial charge < -0.3 is 15.5 Å². The van der Waals surface area contributed by atoms with E-state index in [1.165, 1.54) is 6.42 Å². The Morgan fingerprint density at radius 1 is 1.38 bits per heavy atom. The number of carbonyl (C=O) groups is 1. The van der Waals surface area contributed by atoms with Gasteiger partial charge in [-0.05, 0) is 38.8 Å². The summed E-state index contributed by atoms with van der Waals surface area (Å²) in [6, 6.07) is 0.121. The lowest BCUT2D eigenvalue weighted by atomic mass is 9.99. The summed E-state index contributed by atoms with van der Waals surface area (Å²) in [6.07, 6.45) is 4.51. The molecule has 1 fully saturated rings. The van der Waals surface area contributed by atoms with Crippen LogP contribution in [0, 0.1) is 0 Å². The van der Waals surface area contributed by atoms with Crippen molar-refractivity contribution in [2.24, 2.45) is 5.73 Å². The van der Waals surface area contributed by atoms with Crippen molar-refractivity contribution in [2.75, 3.05) is 26.2 Å². The maximum Gasteiger partial charge on any atom is 0.315 e. The highest BCUT2D eigenvalue weighted by molar-refractivity contribution is 5.72. The molecule has 94 valence electrons. The van der Waals surface area contributed by atoms with Crippen LogP contribution in [0.4, 0.5) is 4.79 Å². The third-order valence-electron chi connectivity index (χ3n) is 3.58. The van der Waals surface area contributed by atoms with Gasteiger partial charge in [-0.1, -0.05) is 13.8 Å².